The van der Waals surface area contributed by atoms with Crippen LogP contribution in [0.4, 0.5) is 4.79 Å². The second kappa shape index (κ2) is 5.83. The summed E-state index contributed by atoms with van der Waals surface area (Å²) in [4.78, 5) is 31.8. The lowest BCUT2D eigenvalue weighted by Gasteiger charge is -2.31. The fourth-order valence-corrected chi connectivity index (χ4v) is 2.84. The van der Waals surface area contributed by atoms with Crippen molar-refractivity contribution in [2.45, 2.75) is 19.5 Å². The second-order valence-electron chi connectivity index (χ2n) is 5.58. The summed E-state index contributed by atoms with van der Waals surface area (Å²) in [6.07, 6.45) is 0. The quantitative estimate of drug-likeness (QED) is 0.825. The lowest BCUT2D eigenvalue weighted by molar-refractivity contribution is -0.553. The molecule has 2 heterocycles. The minimum absolute atomic E-state index is 0.254. The smallest absolute Gasteiger partial charge is 0.275 e. The lowest BCUT2D eigenvalue weighted by atomic mass is 10.1. The van der Waals surface area contributed by atoms with Crippen LogP contribution in [0.3, 0.4) is 0 Å². The molecule has 2 aliphatic heterocycles. The number of benzene rings is 1. The molecule has 0 saturated carbocycles. The van der Waals surface area contributed by atoms with Gasteiger partial charge in [-0.15, -0.1) is 0 Å². The van der Waals surface area contributed by atoms with Crippen molar-refractivity contribution in [2.75, 3.05) is 20.6 Å². The summed E-state index contributed by atoms with van der Waals surface area (Å²) in [7, 11) is 3.15. The molecule has 0 aromatic heterocycles. The number of fused-ring (bicyclic) bond motifs is 1. The number of amidine groups is 1. The van der Waals surface area contributed by atoms with Gasteiger partial charge in [-0.2, -0.15) is 0 Å². The Labute approximate surface area is 134 Å². The van der Waals surface area contributed by atoms with E-state index in [0.29, 0.717) is 24.9 Å². The van der Waals surface area contributed by atoms with Crippen molar-refractivity contribution in [1.29, 1.82) is 0 Å². The molecule has 2 aliphatic rings. The molecule has 7 nitrogen and oxygen atoms in total. The number of aliphatic imine (C=N–C) groups is 1. The van der Waals surface area contributed by atoms with E-state index in [1.165, 1.54) is 11.9 Å². The van der Waals surface area contributed by atoms with E-state index in [-0.39, 0.29) is 11.9 Å². The molecule has 1 aromatic carbocycles. The third-order valence-electron chi connectivity index (χ3n) is 4.06. The molecule has 23 heavy (non-hydrogen) atoms. The van der Waals surface area contributed by atoms with Crippen LogP contribution in [0, 0.1) is 0 Å². The van der Waals surface area contributed by atoms with Gasteiger partial charge >= 0.3 is 12.0 Å². The first kappa shape index (κ1) is 15.2. The molecule has 3 amide bonds. The number of hydrogen-bond acceptors (Lipinski definition) is 4. The standard InChI is InChI=1S/C16H19N5O2/c1-4-17-15-18-13-12(14(22)20(3)16(23)19(13)2)21(15)10-11-8-6-5-7-9-11/h5-9,12H,4,10H2,1-3H3/p+1. The Morgan fingerprint density at radius 3 is 2.52 bits per heavy atom. The summed E-state index contributed by atoms with van der Waals surface area (Å²) in [5.41, 5.74) is 1.08. The highest BCUT2D eigenvalue weighted by Gasteiger charge is 2.51. The maximum Gasteiger partial charge on any atom is 0.390 e. The fourth-order valence-electron chi connectivity index (χ4n) is 2.84. The van der Waals surface area contributed by atoms with Gasteiger partial charge in [0, 0.05) is 14.1 Å². The number of nitrogens with one attached hydrogen (secondary N) is 1. The topological polar surface area (TPSA) is 68.0 Å². The zero-order chi connectivity index (χ0) is 16.6. The molecular formula is C16H20N5O2+. The Bertz CT molecular complexity index is 710. The molecule has 1 fully saturated rings. The lowest BCUT2D eigenvalue weighted by Crippen LogP contribution is -2.61. The van der Waals surface area contributed by atoms with Gasteiger partial charge in [0.05, 0.1) is 13.1 Å². The predicted molar refractivity (Wildman–Crippen MR) is 86.2 cm³/mol. The van der Waals surface area contributed by atoms with Gasteiger partial charge < -0.3 is 0 Å². The van der Waals surface area contributed by atoms with Crippen LogP contribution in [0.1, 0.15) is 12.5 Å². The Morgan fingerprint density at radius 1 is 1.17 bits per heavy atom. The first-order valence-electron chi connectivity index (χ1n) is 7.59. The van der Waals surface area contributed by atoms with E-state index in [2.05, 4.69) is 10.3 Å². The van der Waals surface area contributed by atoms with Crippen molar-refractivity contribution >= 4 is 23.7 Å². The number of guanidine groups is 1. The molecular weight excluding hydrogens is 294 g/mol. The normalized spacial score (nSPS) is 20.8. The minimum atomic E-state index is -0.572. The number of carbonyl (C=O) groups excluding carboxylic acids is 2. The summed E-state index contributed by atoms with van der Waals surface area (Å²) in [5, 5.41) is 3.19. The molecule has 1 unspecified atom stereocenters. The van der Waals surface area contributed by atoms with E-state index >= 15 is 0 Å². The average Bonchev–Trinajstić information content (AvgIpc) is 2.91. The van der Waals surface area contributed by atoms with Crippen LogP contribution in [-0.2, 0) is 11.3 Å². The first-order chi connectivity index (χ1) is 11.0. The number of carbonyl (C=O) groups is 2. The molecule has 0 aliphatic carbocycles. The van der Waals surface area contributed by atoms with Crippen LogP contribution in [0.25, 0.3) is 0 Å². The summed E-state index contributed by atoms with van der Waals surface area (Å²) < 4.78 is 1.91. The maximum atomic E-state index is 12.6. The zero-order valence-corrected chi connectivity index (χ0v) is 13.5. The Hall–Kier alpha value is -2.70. The molecule has 3 rings (SSSR count). The van der Waals surface area contributed by atoms with Gasteiger partial charge in [0.15, 0.2) is 0 Å². The molecule has 0 radical (unpaired) electrons. The number of likely N-dealkylation sites (N-methyl/N-ethyl adjacent to an activating group) is 2. The van der Waals surface area contributed by atoms with Crippen LogP contribution < -0.4 is 5.32 Å². The van der Waals surface area contributed by atoms with E-state index < -0.39 is 6.04 Å². The molecule has 1 N–H and O–H groups in total. The van der Waals surface area contributed by atoms with Gasteiger partial charge in [-0.05, 0) is 12.5 Å². The average molecular weight is 314 g/mol. The van der Waals surface area contributed by atoms with Crippen molar-refractivity contribution < 1.29 is 14.2 Å². The first-order valence-corrected chi connectivity index (χ1v) is 7.59. The zero-order valence-electron chi connectivity index (χ0n) is 13.5. The van der Waals surface area contributed by atoms with Gasteiger partial charge in [-0.25, -0.2) is 9.37 Å². The van der Waals surface area contributed by atoms with Crippen molar-refractivity contribution in [1.82, 2.24) is 15.1 Å². The van der Waals surface area contributed by atoms with E-state index in [9.17, 15) is 9.59 Å². The van der Waals surface area contributed by atoms with Crippen molar-refractivity contribution in [2.24, 2.45) is 4.99 Å². The Morgan fingerprint density at radius 2 is 1.87 bits per heavy atom. The molecule has 0 bridgehead atoms. The molecule has 1 atom stereocenters. The third kappa shape index (κ3) is 2.48. The van der Waals surface area contributed by atoms with Crippen LogP contribution in [0.2, 0.25) is 0 Å². The van der Waals surface area contributed by atoms with Crippen LogP contribution in [0.5, 0.6) is 0 Å². The SMILES string of the molecule is CCNC1=[N+](Cc2ccccc2)C2C(=O)N(C)C(=O)N(C)C2=N1. The van der Waals surface area contributed by atoms with Gasteiger partial charge in [0.25, 0.3) is 5.91 Å². The van der Waals surface area contributed by atoms with Crippen LogP contribution in [0.15, 0.2) is 35.3 Å². The minimum Gasteiger partial charge on any atom is -0.275 e. The highest BCUT2D eigenvalue weighted by Crippen LogP contribution is 2.20. The van der Waals surface area contributed by atoms with Gasteiger partial charge in [0.2, 0.25) is 11.9 Å². The van der Waals surface area contributed by atoms with E-state index in [0.717, 1.165) is 10.5 Å². The number of rotatable bonds is 3. The Balaban J connectivity index is 2.00. The number of nitrogens with zero attached hydrogens (tertiary/aromatic N) is 4. The van der Waals surface area contributed by atoms with Crippen LogP contribution in [-0.4, -0.2) is 64.8 Å². The van der Waals surface area contributed by atoms with E-state index in [4.69, 9.17) is 0 Å². The van der Waals surface area contributed by atoms with E-state index in [1.807, 2.05) is 41.8 Å². The number of hydrogen-bond donors (Lipinski definition) is 1. The summed E-state index contributed by atoms with van der Waals surface area (Å²) in [6, 6.07) is 8.96. The van der Waals surface area contributed by atoms with Gasteiger partial charge in [-0.1, -0.05) is 35.3 Å². The Kier molecular flexibility index (Phi) is 3.85. The van der Waals surface area contributed by atoms with Gasteiger partial charge in [0.1, 0.15) is 0 Å². The maximum absolute atomic E-state index is 12.6. The number of imide groups is 1. The fraction of sp³-hybridized carbons (Fsp3) is 0.375. The van der Waals surface area contributed by atoms with Crippen LogP contribution >= 0.6 is 0 Å². The molecule has 1 aromatic rings. The number of amides is 3. The molecule has 7 heteroatoms. The molecule has 0 spiro atoms. The summed E-state index contributed by atoms with van der Waals surface area (Å²) in [5.74, 6) is 0.848. The van der Waals surface area contributed by atoms with E-state index in [1.54, 1.807) is 7.05 Å². The van der Waals surface area contributed by atoms with Crippen molar-refractivity contribution in [3.63, 3.8) is 0 Å². The molecule has 1 saturated heterocycles. The highest BCUT2D eigenvalue weighted by molar-refractivity contribution is 6.22. The summed E-state index contributed by atoms with van der Waals surface area (Å²) in [6.45, 7) is 3.20. The summed E-state index contributed by atoms with van der Waals surface area (Å²) >= 11 is 0. The third-order valence-corrected chi connectivity index (χ3v) is 4.06. The van der Waals surface area contributed by atoms with Crippen molar-refractivity contribution in [3.8, 4) is 0 Å². The highest BCUT2D eigenvalue weighted by atomic mass is 16.2. The second-order valence-corrected chi connectivity index (χ2v) is 5.58. The predicted octanol–water partition coefficient (Wildman–Crippen LogP) is 0.469. The monoisotopic (exact) mass is 314 g/mol. The number of urea groups is 1. The van der Waals surface area contributed by atoms with Crippen molar-refractivity contribution in [3.05, 3.63) is 35.9 Å². The largest absolute Gasteiger partial charge is 0.390 e. The van der Waals surface area contributed by atoms with Gasteiger partial charge in [-0.3, -0.25) is 19.9 Å². The molecule has 120 valence electrons.